The molecule has 2 N–H and O–H groups in total. The quantitative estimate of drug-likeness (QED) is 0.315. The third kappa shape index (κ3) is 7.57. The molecule has 59 heavy (non-hydrogen) atoms. The summed E-state index contributed by atoms with van der Waals surface area (Å²) in [4.78, 5) is 80.3. The fourth-order valence-electron chi connectivity index (χ4n) is 9.75. The number of imide groups is 2. The second-order valence-electron chi connectivity index (χ2n) is 16.5. The minimum Gasteiger partial charge on any atom is -0.490 e. The van der Waals surface area contributed by atoms with E-state index in [1.807, 2.05) is 11.0 Å². The standard InChI is InChI=1S/C42H43ClFN9O6/c43-32-13-29(4-1-23(32)16-45)59-28-5-2-26(3-6-28)48-39(55)34-17-47-37(18-46-34)52-21-24-19-51(20-25(24)22-52)27-9-11-50(12-10-27)36-15-31-30(14-33(36)44)41(57)53(42(31)58)35-7-8-38(54)49-40(35)56/h1,4,13-15,17-18,24-28,35H,2-3,5-12,19-22H2,(H,48,55)(H,49,54,56)/t24?,25?,26-,28-,35?. The summed E-state index contributed by atoms with van der Waals surface area (Å²) >= 11 is 6.15. The molecule has 1 saturated carbocycles. The predicted molar refractivity (Wildman–Crippen MR) is 211 cm³/mol. The van der Waals surface area contributed by atoms with E-state index in [2.05, 4.69) is 30.4 Å². The van der Waals surface area contributed by atoms with E-state index in [9.17, 15) is 24.0 Å². The first-order valence-corrected chi connectivity index (χ1v) is 20.7. The summed E-state index contributed by atoms with van der Waals surface area (Å²) in [5, 5.41) is 14.7. The van der Waals surface area contributed by atoms with Crippen molar-refractivity contribution < 1.29 is 33.1 Å². The van der Waals surface area contributed by atoms with Gasteiger partial charge in [0.05, 0.1) is 45.9 Å². The van der Waals surface area contributed by atoms with Crippen LogP contribution in [0, 0.1) is 29.0 Å². The summed E-state index contributed by atoms with van der Waals surface area (Å²) in [6.45, 7) is 4.80. The monoisotopic (exact) mass is 823 g/mol. The van der Waals surface area contributed by atoms with Crippen LogP contribution in [-0.2, 0) is 9.59 Å². The molecule has 5 fully saturated rings. The van der Waals surface area contributed by atoms with Gasteiger partial charge in [0.2, 0.25) is 11.8 Å². The molecule has 5 aliphatic heterocycles. The molecule has 2 aromatic carbocycles. The fourth-order valence-corrected chi connectivity index (χ4v) is 9.96. The lowest BCUT2D eigenvalue weighted by Crippen LogP contribution is -2.54. The van der Waals surface area contributed by atoms with Crippen LogP contribution >= 0.6 is 11.6 Å². The largest absolute Gasteiger partial charge is 0.490 e. The number of hydrogen-bond donors (Lipinski definition) is 2. The Bertz CT molecular complexity index is 2240. The van der Waals surface area contributed by atoms with Crippen LogP contribution in [0.3, 0.4) is 0 Å². The molecule has 17 heteroatoms. The van der Waals surface area contributed by atoms with Crippen LogP contribution in [0.1, 0.15) is 88.1 Å². The van der Waals surface area contributed by atoms with Crippen molar-refractivity contribution in [3.63, 3.8) is 0 Å². The van der Waals surface area contributed by atoms with Crippen LogP contribution in [-0.4, -0.2) is 113 Å². The van der Waals surface area contributed by atoms with Gasteiger partial charge in [0, 0.05) is 63.8 Å². The number of ether oxygens (including phenoxy) is 1. The Morgan fingerprint density at radius 3 is 2.24 bits per heavy atom. The summed E-state index contributed by atoms with van der Waals surface area (Å²) in [7, 11) is 0. The van der Waals surface area contributed by atoms with Crippen molar-refractivity contribution in [3.05, 3.63) is 75.9 Å². The summed E-state index contributed by atoms with van der Waals surface area (Å²) in [5.74, 6) is -1.03. The van der Waals surface area contributed by atoms with Gasteiger partial charge in [0.25, 0.3) is 17.7 Å². The molecule has 4 saturated heterocycles. The van der Waals surface area contributed by atoms with Crippen LogP contribution in [0.2, 0.25) is 5.02 Å². The maximum absolute atomic E-state index is 15.5. The highest BCUT2D eigenvalue weighted by Gasteiger charge is 2.46. The third-order valence-electron chi connectivity index (χ3n) is 12.9. The van der Waals surface area contributed by atoms with Gasteiger partial charge in [-0.1, -0.05) is 11.6 Å². The number of anilines is 2. The number of nitrogens with one attached hydrogen (secondary N) is 2. The van der Waals surface area contributed by atoms with Crippen LogP contribution in [0.5, 0.6) is 5.75 Å². The average molecular weight is 824 g/mol. The van der Waals surface area contributed by atoms with Crippen molar-refractivity contribution >= 4 is 52.6 Å². The van der Waals surface area contributed by atoms with E-state index in [1.165, 1.54) is 6.07 Å². The SMILES string of the molecule is N#Cc1ccc(O[C@H]2CC[C@H](NC(=O)c3cnc(N4CC5CN(C6CCN(c7cc8c(cc7F)C(=O)N(C7CCC(=O)NC7=O)C8=O)CC6)CC5C4)cn3)CC2)cc1Cl. The topological polar surface area (TPSA) is 181 Å². The molecule has 0 bridgehead atoms. The van der Waals surface area contributed by atoms with E-state index >= 15 is 4.39 Å². The Morgan fingerprint density at radius 1 is 0.881 bits per heavy atom. The molecule has 1 aromatic heterocycles. The summed E-state index contributed by atoms with van der Waals surface area (Å²) < 4.78 is 21.6. The first-order valence-electron chi connectivity index (χ1n) is 20.3. The van der Waals surface area contributed by atoms with Crippen molar-refractivity contribution in [3.8, 4) is 11.8 Å². The molecule has 6 heterocycles. The Kier molecular flexibility index (Phi) is 10.4. The van der Waals surface area contributed by atoms with E-state index < -0.39 is 35.5 Å². The molecule has 3 atom stereocenters. The lowest BCUT2D eigenvalue weighted by molar-refractivity contribution is -0.136. The lowest BCUT2D eigenvalue weighted by atomic mass is 9.93. The number of hydrogen-bond acceptors (Lipinski definition) is 12. The van der Waals surface area contributed by atoms with Crippen LogP contribution in [0.25, 0.3) is 0 Å². The number of amides is 5. The number of carbonyl (C=O) groups is 5. The number of aromatic nitrogens is 2. The molecule has 3 aromatic rings. The number of fused-ring (bicyclic) bond motifs is 2. The number of likely N-dealkylation sites (tertiary alicyclic amines) is 1. The van der Waals surface area contributed by atoms with Gasteiger partial charge in [-0.2, -0.15) is 5.26 Å². The zero-order valence-corrected chi connectivity index (χ0v) is 33.0. The molecule has 6 aliphatic rings. The van der Waals surface area contributed by atoms with Gasteiger partial charge in [0.1, 0.15) is 35.2 Å². The van der Waals surface area contributed by atoms with Crippen LogP contribution in [0.4, 0.5) is 15.9 Å². The number of rotatable bonds is 8. The van der Waals surface area contributed by atoms with Crippen LogP contribution in [0.15, 0.2) is 42.7 Å². The number of halogens is 2. The molecule has 15 nitrogen and oxygen atoms in total. The van der Waals surface area contributed by atoms with Gasteiger partial charge >= 0.3 is 0 Å². The second-order valence-corrected chi connectivity index (χ2v) is 16.9. The molecule has 9 rings (SSSR count). The molecule has 306 valence electrons. The van der Waals surface area contributed by atoms with E-state index in [1.54, 1.807) is 30.6 Å². The van der Waals surface area contributed by atoms with Crippen molar-refractivity contribution in [1.82, 2.24) is 30.4 Å². The van der Waals surface area contributed by atoms with Gasteiger partial charge in [0.15, 0.2) is 0 Å². The fraction of sp³-hybridized carbons (Fsp3) is 0.476. The van der Waals surface area contributed by atoms with Crippen molar-refractivity contribution in [2.45, 2.75) is 75.6 Å². The maximum Gasteiger partial charge on any atom is 0.271 e. The van der Waals surface area contributed by atoms with Gasteiger partial charge in [-0.05, 0) is 81.0 Å². The Labute approximate surface area is 344 Å². The minimum atomic E-state index is -1.10. The predicted octanol–water partition coefficient (Wildman–Crippen LogP) is 3.70. The number of nitriles is 1. The van der Waals surface area contributed by atoms with Crippen molar-refractivity contribution in [2.75, 3.05) is 49.1 Å². The Hall–Kier alpha value is -5.66. The zero-order valence-electron chi connectivity index (χ0n) is 32.2. The molecule has 5 amide bonds. The highest BCUT2D eigenvalue weighted by atomic mass is 35.5. The summed E-state index contributed by atoms with van der Waals surface area (Å²) in [6.07, 6.45) is 8.04. The number of carbonyl (C=O) groups excluding carboxylic acids is 5. The highest BCUT2D eigenvalue weighted by molar-refractivity contribution is 6.31. The van der Waals surface area contributed by atoms with Gasteiger partial charge in [-0.3, -0.25) is 39.1 Å². The number of benzene rings is 2. The summed E-state index contributed by atoms with van der Waals surface area (Å²) in [5.41, 5.74) is 0.974. The van der Waals surface area contributed by atoms with Crippen LogP contribution < -0.4 is 25.2 Å². The van der Waals surface area contributed by atoms with E-state index in [4.69, 9.17) is 21.6 Å². The lowest BCUT2D eigenvalue weighted by Gasteiger charge is -2.38. The highest BCUT2D eigenvalue weighted by Crippen LogP contribution is 2.38. The number of nitrogens with zero attached hydrogens (tertiary/aromatic N) is 7. The summed E-state index contributed by atoms with van der Waals surface area (Å²) in [6, 6.07) is 8.91. The Morgan fingerprint density at radius 2 is 1.59 bits per heavy atom. The van der Waals surface area contributed by atoms with E-state index in [-0.39, 0.29) is 53.4 Å². The second kappa shape index (κ2) is 15.8. The minimum absolute atomic E-state index is 0.00594. The average Bonchev–Trinajstić information content (AvgIpc) is 3.89. The first-order chi connectivity index (χ1) is 28.5. The normalized spacial score (nSPS) is 26.1. The van der Waals surface area contributed by atoms with Gasteiger partial charge in [-0.15, -0.1) is 0 Å². The van der Waals surface area contributed by atoms with E-state index in [0.29, 0.717) is 47.3 Å². The number of piperidine rings is 2. The van der Waals surface area contributed by atoms with Gasteiger partial charge in [-0.25, -0.2) is 14.4 Å². The van der Waals surface area contributed by atoms with Crippen molar-refractivity contribution in [1.29, 1.82) is 5.26 Å². The van der Waals surface area contributed by atoms with Gasteiger partial charge < -0.3 is 19.9 Å². The molecule has 0 spiro atoms. The third-order valence-corrected chi connectivity index (χ3v) is 13.2. The zero-order chi connectivity index (χ0) is 40.9. The van der Waals surface area contributed by atoms with E-state index in [0.717, 1.165) is 81.5 Å². The molecule has 0 radical (unpaired) electrons. The molecular formula is C42H43ClFN9O6. The maximum atomic E-state index is 15.5. The molecule has 3 unspecified atom stereocenters. The first kappa shape index (κ1) is 38.8. The Balaban J connectivity index is 0.728. The molecular weight excluding hydrogens is 781 g/mol. The van der Waals surface area contributed by atoms with Crippen molar-refractivity contribution in [2.24, 2.45) is 11.8 Å². The smallest absolute Gasteiger partial charge is 0.271 e. The molecule has 1 aliphatic carbocycles.